The zero-order chi connectivity index (χ0) is 22.4. The fourth-order valence-corrected chi connectivity index (χ4v) is 2.92. The van der Waals surface area contributed by atoms with Gasteiger partial charge in [0.2, 0.25) is 5.91 Å². The van der Waals surface area contributed by atoms with Crippen molar-refractivity contribution in [2.45, 2.75) is 26.5 Å². The van der Waals surface area contributed by atoms with Gasteiger partial charge in [-0.3, -0.25) is 14.5 Å². The molecule has 0 aromatic heterocycles. The first-order valence-electron chi connectivity index (χ1n) is 9.79. The number of hydrogen-bond acceptors (Lipinski definition) is 6. The van der Waals surface area contributed by atoms with Gasteiger partial charge >= 0.3 is 12.0 Å². The molecule has 1 fully saturated rings. The minimum Gasteiger partial charge on any atom is -0.494 e. The van der Waals surface area contributed by atoms with E-state index in [1.807, 2.05) is 6.92 Å². The summed E-state index contributed by atoms with van der Waals surface area (Å²) in [5.74, 6) is -0.813. The molecule has 2 aromatic rings. The zero-order valence-corrected chi connectivity index (χ0v) is 17.2. The molecule has 2 aromatic carbocycles. The van der Waals surface area contributed by atoms with Crippen LogP contribution in [0.1, 0.15) is 29.8 Å². The highest BCUT2D eigenvalue weighted by Gasteiger charge is 2.28. The SMILES string of the molecule is CCOc1ccc(NC(=O)C(C)OC(=O)c2cccc(CN3C(=O)CNC3=O)c2)cc1. The van der Waals surface area contributed by atoms with Gasteiger partial charge in [-0.2, -0.15) is 0 Å². The van der Waals surface area contributed by atoms with Crippen LogP contribution >= 0.6 is 0 Å². The predicted octanol–water partition coefficient (Wildman–Crippen LogP) is 2.32. The van der Waals surface area contributed by atoms with Crippen molar-refractivity contribution in [3.63, 3.8) is 0 Å². The van der Waals surface area contributed by atoms with E-state index in [0.717, 1.165) is 4.90 Å². The van der Waals surface area contributed by atoms with Gasteiger partial charge in [0.05, 0.1) is 25.3 Å². The molecule has 1 unspecified atom stereocenters. The van der Waals surface area contributed by atoms with Crippen LogP contribution < -0.4 is 15.4 Å². The molecule has 3 rings (SSSR count). The van der Waals surface area contributed by atoms with Crippen molar-refractivity contribution in [3.05, 3.63) is 59.7 Å². The first kappa shape index (κ1) is 21.8. The number of imide groups is 1. The van der Waals surface area contributed by atoms with Gasteiger partial charge in [0.1, 0.15) is 5.75 Å². The van der Waals surface area contributed by atoms with Crippen LogP contribution in [-0.4, -0.2) is 48.0 Å². The summed E-state index contributed by atoms with van der Waals surface area (Å²) in [5, 5.41) is 5.12. The fourth-order valence-electron chi connectivity index (χ4n) is 2.92. The maximum Gasteiger partial charge on any atom is 0.338 e. The summed E-state index contributed by atoms with van der Waals surface area (Å²) >= 11 is 0. The van der Waals surface area contributed by atoms with E-state index < -0.39 is 24.0 Å². The second-order valence-corrected chi connectivity index (χ2v) is 6.83. The van der Waals surface area contributed by atoms with Gasteiger partial charge in [0, 0.05) is 5.69 Å². The topological polar surface area (TPSA) is 114 Å². The second kappa shape index (κ2) is 9.75. The highest BCUT2D eigenvalue weighted by molar-refractivity contribution is 6.02. The second-order valence-electron chi connectivity index (χ2n) is 6.83. The molecule has 1 aliphatic rings. The molecule has 2 N–H and O–H groups in total. The number of rotatable bonds is 8. The van der Waals surface area contributed by atoms with Crippen molar-refractivity contribution in [2.24, 2.45) is 0 Å². The van der Waals surface area contributed by atoms with Crippen molar-refractivity contribution >= 4 is 29.5 Å². The van der Waals surface area contributed by atoms with Crippen LogP contribution in [0.2, 0.25) is 0 Å². The number of amides is 4. The molecule has 1 heterocycles. The minimum atomic E-state index is -1.03. The highest BCUT2D eigenvalue weighted by Crippen LogP contribution is 2.17. The standard InChI is InChI=1S/C22H23N3O6/c1-3-30-18-9-7-17(8-10-18)24-20(27)14(2)31-21(28)16-6-4-5-15(11-16)13-25-19(26)12-23-22(25)29/h4-11,14H,3,12-13H2,1-2H3,(H,23,29)(H,24,27). The predicted molar refractivity (Wildman–Crippen MR) is 112 cm³/mol. The molecule has 0 spiro atoms. The van der Waals surface area contributed by atoms with Crippen LogP contribution in [0.25, 0.3) is 0 Å². The average molecular weight is 425 g/mol. The fraction of sp³-hybridized carbons (Fsp3) is 0.273. The number of esters is 1. The molecular weight excluding hydrogens is 402 g/mol. The number of benzene rings is 2. The van der Waals surface area contributed by atoms with Crippen LogP contribution in [0.3, 0.4) is 0 Å². The maximum atomic E-state index is 12.5. The number of hydrogen-bond donors (Lipinski definition) is 2. The van der Waals surface area contributed by atoms with E-state index in [2.05, 4.69) is 10.6 Å². The van der Waals surface area contributed by atoms with Gasteiger partial charge in [-0.25, -0.2) is 9.59 Å². The lowest BCUT2D eigenvalue weighted by molar-refractivity contribution is -0.125. The normalized spacial score (nSPS) is 14.1. The van der Waals surface area contributed by atoms with E-state index in [0.29, 0.717) is 23.6 Å². The van der Waals surface area contributed by atoms with Crippen molar-refractivity contribution < 1.29 is 28.7 Å². The minimum absolute atomic E-state index is 0.0401. The Bertz CT molecular complexity index is 973. The third-order valence-electron chi connectivity index (χ3n) is 4.53. The van der Waals surface area contributed by atoms with Gasteiger partial charge < -0.3 is 20.1 Å². The Morgan fingerprint density at radius 1 is 1.16 bits per heavy atom. The molecule has 0 saturated carbocycles. The monoisotopic (exact) mass is 425 g/mol. The number of anilines is 1. The summed E-state index contributed by atoms with van der Waals surface area (Å²) in [6.45, 7) is 3.89. The van der Waals surface area contributed by atoms with Gasteiger partial charge in [0.15, 0.2) is 6.10 Å². The number of carbonyl (C=O) groups excluding carboxylic acids is 4. The summed E-state index contributed by atoms with van der Waals surface area (Å²) < 4.78 is 10.6. The van der Waals surface area contributed by atoms with Crippen molar-refractivity contribution in [3.8, 4) is 5.75 Å². The Balaban J connectivity index is 1.58. The third-order valence-corrected chi connectivity index (χ3v) is 4.53. The average Bonchev–Trinajstić information content (AvgIpc) is 3.07. The molecule has 0 aliphatic carbocycles. The number of nitrogens with one attached hydrogen (secondary N) is 2. The Kier molecular flexibility index (Phi) is 6.86. The molecule has 4 amide bonds. The van der Waals surface area contributed by atoms with Crippen LogP contribution in [0.4, 0.5) is 10.5 Å². The van der Waals surface area contributed by atoms with E-state index in [9.17, 15) is 19.2 Å². The van der Waals surface area contributed by atoms with Crippen molar-refractivity contribution in [2.75, 3.05) is 18.5 Å². The first-order valence-corrected chi connectivity index (χ1v) is 9.79. The number of carbonyl (C=O) groups is 4. The molecule has 162 valence electrons. The summed E-state index contributed by atoms with van der Waals surface area (Å²) in [6, 6.07) is 12.7. The molecule has 9 nitrogen and oxygen atoms in total. The van der Waals surface area contributed by atoms with Crippen molar-refractivity contribution in [1.82, 2.24) is 10.2 Å². The first-order chi connectivity index (χ1) is 14.9. The lowest BCUT2D eigenvalue weighted by Gasteiger charge is -2.15. The van der Waals surface area contributed by atoms with E-state index in [1.54, 1.807) is 36.4 Å². The van der Waals surface area contributed by atoms with Crippen LogP contribution in [0.5, 0.6) is 5.75 Å². The van der Waals surface area contributed by atoms with Crippen LogP contribution in [0, 0.1) is 0 Å². The van der Waals surface area contributed by atoms with E-state index in [1.165, 1.54) is 19.1 Å². The number of nitrogens with zero attached hydrogens (tertiary/aromatic N) is 1. The Hall–Kier alpha value is -3.88. The van der Waals surface area contributed by atoms with Crippen LogP contribution in [0.15, 0.2) is 48.5 Å². The van der Waals surface area contributed by atoms with Crippen molar-refractivity contribution in [1.29, 1.82) is 0 Å². The molecule has 31 heavy (non-hydrogen) atoms. The maximum absolute atomic E-state index is 12.5. The number of urea groups is 1. The van der Waals surface area contributed by atoms with E-state index in [4.69, 9.17) is 9.47 Å². The molecule has 0 bridgehead atoms. The summed E-state index contributed by atoms with van der Waals surface area (Å²) in [4.78, 5) is 49.3. The van der Waals surface area contributed by atoms with Gasteiger partial charge in [-0.15, -0.1) is 0 Å². The summed E-state index contributed by atoms with van der Waals surface area (Å²) in [7, 11) is 0. The molecule has 0 radical (unpaired) electrons. The molecular formula is C22H23N3O6. The third kappa shape index (κ3) is 5.59. The van der Waals surface area contributed by atoms with Gasteiger partial charge in [-0.1, -0.05) is 12.1 Å². The van der Waals surface area contributed by atoms with Crippen LogP contribution in [-0.2, 0) is 20.9 Å². The Morgan fingerprint density at radius 3 is 2.55 bits per heavy atom. The Morgan fingerprint density at radius 2 is 1.90 bits per heavy atom. The van der Waals surface area contributed by atoms with E-state index in [-0.39, 0.29) is 24.6 Å². The summed E-state index contributed by atoms with van der Waals surface area (Å²) in [5.41, 5.74) is 1.35. The molecule has 9 heteroatoms. The van der Waals surface area contributed by atoms with E-state index >= 15 is 0 Å². The zero-order valence-electron chi connectivity index (χ0n) is 17.2. The summed E-state index contributed by atoms with van der Waals surface area (Å²) in [6.07, 6.45) is -1.03. The Labute approximate surface area is 179 Å². The lowest BCUT2D eigenvalue weighted by atomic mass is 10.1. The lowest BCUT2D eigenvalue weighted by Crippen LogP contribution is -2.31. The highest BCUT2D eigenvalue weighted by atomic mass is 16.5. The molecule has 1 aliphatic heterocycles. The molecule has 1 saturated heterocycles. The number of ether oxygens (including phenoxy) is 2. The largest absolute Gasteiger partial charge is 0.494 e. The molecule has 1 atom stereocenters. The smallest absolute Gasteiger partial charge is 0.338 e. The van der Waals surface area contributed by atoms with Gasteiger partial charge in [-0.05, 0) is 55.8 Å². The van der Waals surface area contributed by atoms with Gasteiger partial charge in [0.25, 0.3) is 5.91 Å². The quantitative estimate of drug-likeness (QED) is 0.496.